The van der Waals surface area contributed by atoms with Gasteiger partial charge in [0.25, 0.3) is 0 Å². The Labute approximate surface area is 150 Å². The Balaban J connectivity index is 0.00000192. The number of halogens is 2. The van der Waals surface area contributed by atoms with Gasteiger partial charge in [0.1, 0.15) is 11.3 Å². The topological polar surface area (TPSA) is 84.6 Å². The van der Waals surface area contributed by atoms with Gasteiger partial charge in [0.2, 0.25) is 5.91 Å². The van der Waals surface area contributed by atoms with Gasteiger partial charge in [0.05, 0.1) is 11.8 Å². The van der Waals surface area contributed by atoms with E-state index in [0.717, 1.165) is 23.9 Å². The van der Waals surface area contributed by atoms with Crippen molar-refractivity contribution in [3.8, 4) is 5.75 Å². The van der Waals surface area contributed by atoms with E-state index in [1.807, 2.05) is 13.8 Å². The average molecular weight is 406 g/mol. The molecular weight excluding hydrogens is 384 g/mol. The first-order valence-corrected chi connectivity index (χ1v) is 8.28. The number of fused-ring (bicyclic) bond motifs is 1. The molecule has 0 aromatic heterocycles. The van der Waals surface area contributed by atoms with Crippen molar-refractivity contribution < 1.29 is 14.6 Å². The number of phenols is 1. The lowest BCUT2D eigenvalue weighted by atomic mass is 9.46. The normalized spacial score (nSPS) is 31.3. The monoisotopic (exact) mass is 404 g/mol. The summed E-state index contributed by atoms with van der Waals surface area (Å²) in [6, 6.07) is 4.90. The Morgan fingerprint density at radius 1 is 1.48 bits per heavy atom. The molecule has 0 spiro atoms. The lowest BCUT2D eigenvalue weighted by Crippen LogP contribution is -2.81. The molecule has 1 heterocycles. The van der Waals surface area contributed by atoms with Crippen LogP contribution in [0.25, 0.3) is 0 Å². The maximum Gasteiger partial charge on any atom is 0.245 e. The summed E-state index contributed by atoms with van der Waals surface area (Å²) in [5.41, 5.74) is 5.46. The second-order valence-electron chi connectivity index (χ2n) is 6.75. The second kappa shape index (κ2) is 6.24. The van der Waals surface area contributed by atoms with Crippen LogP contribution in [0.3, 0.4) is 0 Å². The number of aromatic hydroxyl groups is 1. The number of nitrogens with two attached hydrogens (primary N) is 1. The van der Waals surface area contributed by atoms with E-state index < -0.39 is 11.0 Å². The largest absolute Gasteiger partial charge is 0.506 e. The van der Waals surface area contributed by atoms with Gasteiger partial charge < -0.3 is 20.9 Å². The first-order valence-electron chi connectivity index (χ1n) is 7.49. The van der Waals surface area contributed by atoms with Crippen LogP contribution in [-0.2, 0) is 9.53 Å². The van der Waals surface area contributed by atoms with E-state index in [0.29, 0.717) is 5.69 Å². The molecule has 128 valence electrons. The van der Waals surface area contributed by atoms with E-state index in [4.69, 9.17) is 10.5 Å². The first kappa shape index (κ1) is 18.5. The highest BCUT2D eigenvalue weighted by molar-refractivity contribution is 9.10. The van der Waals surface area contributed by atoms with Gasteiger partial charge >= 0.3 is 0 Å². The fraction of sp³-hybridized carbons (Fsp3) is 0.562. The minimum Gasteiger partial charge on any atom is -0.506 e. The third kappa shape index (κ3) is 2.65. The van der Waals surface area contributed by atoms with Crippen molar-refractivity contribution in [1.29, 1.82) is 0 Å². The molecule has 1 aliphatic carbocycles. The molecule has 4 N–H and O–H groups in total. The second-order valence-corrected chi connectivity index (χ2v) is 7.66. The van der Waals surface area contributed by atoms with Crippen LogP contribution in [0.4, 0.5) is 5.69 Å². The highest BCUT2D eigenvalue weighted by Gasteiger charge is 2.70. The van der Waals surface area contributed by atoms with Crippen LogP contribution in [0.2, 0.25) is 0 Å². The summed E-state index contributed by atoms with van der Waals surface area (Å²) in [7, 11) is 0. The van der Waals surface area contributed by atoms with Gasteiger partial charge in [-0.2, -0.15) is 0 Å². The zero-order chi connectivity index (χ0) is 16.1. The number of benzene rings is 1. The maximum atomic E-state index is 12.8. The van der Waals surface area contributed by atoms with Crippen molar-refractivity contribution >= 4 is 39.9 Å². The third-order valence-corrected chi connectivity index (χ3v) is 5.76. The van der Waals surface area contributed by atoms with Gasteiger partial charge in [-0.15, -0.1) is 12.4 Å². The molecule has 1 amide bonds. The zero-order valence-corrected chi connectivity index (χ0v) is 15.5. The first-order chi connectivity index (χ1) is 10.3. The molecule has 2 aliphatic rings. The van der Waals surface area contributed by atoms with Gasteiger partial charge in [-0.1, -0.05) is 29.8 Å². The molecule has 5 nitrogen and oxygen atoms in total. The van der Waals surface area contributed by atoms with Crippen LogP contribution in [-0.4, -0.2) is 29.3 Å². The quantitative estimate of drug-likeness (QED) is 0.660. The minimum atomic E-state index is -0.993. The molecule has 3 atom stereocenters. The SMILES string of the molecule is CC1(C)C2OCCCC2C1(N)C(=O)Nc1cc(Br)ccc1O.Cl. The van der Waals surface area contributed by atoms with Crippen LogP contribution >= 0.6 is 28.3 Å². The van der Waals surface area contributed by atoms with E-state index in [9.17, 15) is 9.90 Å². The van der Waals surface area contributed by atoms with E-state index >= 15 is 0 Å². The highest BCUT2D eigenvalue weighted by atomic mass is 79.9. The van der Waals surface area contributed by atoms with Crippen molar-refractivity contribution in [1.82, 2.24) is 0 Å². The molecule has 2 fully saturated rings. The number of hydrogen-bond acceptors (Lipinski definition) is 4. The summed E-state index contributed by atoms with van der Waals surface area (Å²) in [6.07, 6.45) is 1.83. The van der Waals surface area contributed by atoms with E-state index in [-0.39, 0.29) is 36.1 Å². The molecule has 3 unspecified atom stereocenters. The smallest absolute Gasteiger partial charge is 0.245 e. The fourth-order valence-corrected chi connectivity index (χ4v) is 4.23. The number of carbonyl (C=O) groups is 1. The van der Waals surface area contributed by atoms with Crippen molar-refractivity contribution in [3.05, 3.63) is 22.7 Å². The van der Waals surface area contributed by atoms with Gasteiger partial charge in [-0.25, -0.2) is 0 Å². The van der Waals surface area contributed by atoms with E-state index in [1.54, 1.807) is 12.1 Å². The van der Waals surface area contributed by atoms with Crippen molar-refractivity contribution in [2.45, 2.75) is 38.3 Å². The van der Waals surface area contributed by atoms with Gasteiger partial charge in [0, 0.05) is 22.4 Å². The molecule has 1 aliphatic heterocycles. The minimum absolute atomic E-state index is 0. The number of amides is 1. The zero-order valence-electron chi connectivity index (χ0n) is 13.1. The molecule has 23 heavy (non-hydrogen) atoms. The summed E-state index contributed by atoms with van der Waals surface area (Å²) in [5.74, 6) is -0.225. The molecule has 3 rings (SSSR count). The molecule has 1 saturated heterocycles. The number of anilines is 1. The molecule has 1 saturated carbocycles. The third-order valence-electron chi connectivity index (χ3n) is 5.27. The lowest BCUT2D eigenvalue weighted by molar-refractivity contribution is -0.222. The highest BCUT2D eigenvalue weighted by Crippen LogP contribution is 2.57. The number of phenolic OH excluding ortho intramolecular Hbond substituents is 1. The number of ether oxygens (including phenoxy) is 1. The predicted octanol–water partition coefficient (Wildman–Crippen LogP) is 3.05. The molecule has 0 bridgehead atoms. The predicted molar refractivity (Wildman–Crippen MR) is 94.8 cm³/mol. The fourth-order valence-electron chi connectivity index (χ4n) is 3.87. The average Bonchev–Trinajstić information content (AvgIpc) is 2.50. The number of carbonyl (C=O) groups excluding carboxylic acids is 1. The summed E-state index contributed by atoms with van der Waals surface area (Å²) in [4.78, 5) is 12.8. The van der Waals surface area contributed by atoms with Crippen LogP contribution < -0.4 is 11.1 Å². The van der Waals surface area contributed by atoms with E-state index in [1.165, 1.54) is 6.07 Å². The molecular formula is C16H22BrClN2O3. The molecule has 0 radical (unpaired) electrons. The van der Waals surface area contributed by atoms with Gasteiger partial charge in [-0.05, 0) is 31.0 Å². The van der Waals surface area contributed by atoms with Crippen molar-refractivity contribution in [2.24, 2.45) is 17.1 Å². The summed E-state index contributed by atoms with van der Waals surface area (Å²) >= 11 is 3.33. The Morgan fingerprint density at radius 3 is 2.87 bits per heavy atom. The van der Waals surface area contributed by atoms with Crippen LogP contribution in [0, 0.1) is 11.3 Å². The van der Waals surface area contributed by atoms with Crippen molar-refractivity contribution in [3.63, 3.8) is 0 Å². The maximum absolute atomic E-state index is 12.8. The Morgan fingerprint density at radius 2 is 2.17 bits per heavy atom. The number of rotatable bonds is 2. The summed E-state index contributed by atoms with van der Waals surface area (Å²) < 4.78 is 6.59. The lowest BCUT2D eigenvalue weighted by Gasteiger charge is -2.65. The standard InChI is InChI=1S/C16H21BrN2O3.ClH/c1-15(2)13-10(4-3-7-22-13)16(15,18)14(21)19-11-8-9(17)5-6-12(11)20;/h5-6,8,10,13,20H,3-4,7,18H2,1-2H3,(H,19,21);1H. The Hall–Kier alpha value is -0.820. The van der Waals surface area contributed by atoms with E-state index in [2.05, 4.69) is 21.2 Å². The van der Waals surface area contributed by atoms with Crippen LogP contribution in [0.15, 0.2) is 22.7 Å². The van der Waals surface area contributed by atoms with Crippen LogP contribution in [0.1, 0.15) is 26.7 Å². The molecule has 1 aromatic rings. The summed E-state index contributed by atoms with van der Waals surface area (Å²) in [5, 5.41) is 12.7. The van der Waals surface area contributed by atoms with Crippen molar-refractivity contribution in [2.75, 3.05) is 11.9 Å². The molecule has 7 heteroatoms. The van der Waals surface area contributed by atoms with Crippen LogP contribution in [0.5, 0.6) is 5.75 Å². The number of nitrogens with one attached hydrogen (secondary N) is 1. The molecule has 1 aromatic carbocycles. The van der Waals surface area contributed by atoms with Gasteiger partial charge in [0.15, 0.2) is 0 Å². The Bertz CT molecular complexity index is 625. The summed E-state index contributed by atoms with van der Waals surface area (Å²) in [6.45, 7) is 4.67. The van der Waals surface area contributed by atoms with Gasteiger partial charge in [-0.3, -0.25) is 4.79 Å². The number of hydrogen-bond donors (Lipinski definition) is 3. The Kier molecular flexibility index (Phi) is 5.02.